The quantitative estimate of drug-likeness (QED) is 0.0301. The zero-order chi connectivity index (χ0) is 78.0. The summed E-state index contributed by atoms with van der Waals surface area (Å²) >= 11 is 0. The van der Waals surface area contributed by atoms with Crippen molar-refractivity contribution in [3.63, 3.8) is 0 Å². The standard InChI is InChI=1S/C74H97N15O19.Lu/c1-7-75-72(103)70-80-78-68(55-37-53(44(3)4)58(90)39-60(55)92)88(70)47-9-13-49(14-10-47)107-51-19-23-86(24-20-51)63(95)35-46(77-62(94)18-17-57(74(105)106)85-33-31-83(42-66(99)100)29-27-82(41-65(97)98)28-30-84(32-34-85)43-67(101)102)36-64(96)87-25-21-52(22-26-87)108-50-15-11-48(12-16-50)89-69(79-81-71(89)73(104)76-8-2)56-38-54(45(5)6)59(91)40-61(56)93;/h9-16,37-40,44-46,51-52,57,90-93H,7-8,17-36,41-43H2,1-6H3,(H,75,103)(H,76,104)(H,77,94)(H,97,98)(H,99,100)(H,101,102)(H,105,106);/t57-;/m1./s1. The summed E-state index contributed by atoms with van der Waals surface area (Å²) in [4.78, 5) is 128. The molecular formula is C74H97LuN15O19. The van der Waals surface area contributed by atoms with Crippen LogP contribution in [0.25, 0.3) is 34.2 Å². The maximum atomic E-state index is 14.5. The van der Waals surface area contributed by atoms with Gasteiger partial charge in [-0.25, -0.2) is 0 Å². The maximum absolute atomic E-state index is 14.5. The van der Waals surface area contributed by atoms with Crippen LogP contribution in [0, 0.1) is 36.9 Å². The molecule has 0 aliphatic carbocycles. The molecule has 35 heteroatoms. The number of amides is 5. The molecule has 1 atom stereocenters. The fourth-order valence-corrected chi connectivity index (χ4v) is 13.6. The van der Waals surface area contributed by atoms with Crippen molar-refractivity contribution in [2.45, 2.75) is 129 Å². The molecule has 597 valence electrons. The Morgan fingerprint density at radius 1 is 0.486 bits per heavy atom. The molecule has 3 fully saturated rings. The van der Waals surface area contributed by atoms with E-state index in [1.54, 1.807) is 104 Å². The number of carbonyl (C=O) groups excluding carboxylic acids is 5. The fraction of sp³-hybridized carbons (Fsp3) is 0.500. The first-order valence-corrected chi connectivity index (χ1v) is 36.4. The van der Waals surface area contributed by atoms with Crippen molar-refractivity contribution in [3.8, 4) is 68.6 Å². The molecule has 0 bridgehead atoms. The number of phenols is 4. The number of nitrogens with one attached hydrogen (secondary N) is 3. The predicted octanol–water partition coefficient (Wildman–Crippen LogP) is 4.16. The number of carbonyl (C=O) groups is 9. The molecule has 0 saturated carbocycles. The van der Waals surface area contributed by atoms with Crippen molar-refractivity contribution < 1.29 is 130 Å². The van der Waals surface area contributed by atoms with Crippen LogP contribution in [0.15, 0.2) is 72.8 Å². The number of aliphatic carboxylic acids is 4. The van der Waals surface area contributed by atoms with Gasteiger partial charge in [-0.15, -0.1) is 20.4 Å². The van der Waals surface area contributed by atoms with E-state index in [1.807, 2.05) is 27.7 Å². The molecule has 0 unspecified atom stereocenters. The van der Waals surface area contributed by atoms with E-state index in [0.717, 1.165) is 0 Å². The van der Waals surface area contributed by atoms with Gasteiger partial charge in [-0.2, -0.15) is 0 Å². The minimum Gasteiger partial charge on any atom is -0.508 e. The van der Waals surface area contributed by atoms with Gasteiger partial charge in [-0.3, -0.25) is 71.9 Å². The Labute approximate surface area is 659 Å². The number of ether oxygens (including phenoxy) is 2. The molecule has 3 saturated heterocycles. The first kappa shape index (κ1) is 84.9. The third kappa shape index (κ3) is 22.9. The van der Waals surface area contributed by atoms with E-state index in [9.17, 15) is 84.0 Å². The minimum absolute atomic E-state index is 0. The fourth-order valence-electron chi connectivity index (χ4n) is 13.6. The van der Waals surface area contributed by atoms with Crippen molar-refractivity contribution in [2.24, 2.45) is 0 Å². The Balaban J connectivity index is 0.0000150. The number of rotatable bonds is 30. The number of nitrogens with zero attached hydrogens (tertiary/aromatic N) is 12. The van der Waals surface area contributed by atoms with Crippen LogP contribution in [-0.2, 0) is 33.6 Å². The minimum atomic E-state index is -1.34. The molecule has 0 spiro atoms. The van der Waals surface area contributed by atoms with Gasteiger partial charge in [0.1, 0.15) is 52.7 Å². The normalized spacial score (nSPS) is 15.9. The SMILES string of the molecule is CCNC(=O)c1nnc(-c2cc(C(C)C)c(O)cc2O)n1-c1ccc(OC2CCN(C(=O)CC(CC(=O)N3CCC(Oc4ccc(-n5c(C(=O)NCC)nnc5-c5cc(C(C)C)c(O)cc5O)cc4)CC3)NC(=O)CC[C@H](C(=O)O)N3CCN(CC(=O)O)CCN(CC(=O)O)CCN(CC(=O)O)CC3)CC2)cc1.[Lu]. The van der Waals surface area contributed by atoms with Crippen LogP contribution in [0.3, 0.4) is 0 Å². The van der Waals surface area contributed by atoms with Crippen LogP contribution >= 0.6 is 0 Å². The Bertz CT molecular complexity index is 3940. The zero-order valence-corrected chi connectivity index (χ0v) is 63.4. The Morgan fingerprint density at radius 3 is 1.17 bits per heavy atom. The van der Waals surface area contributed by atoms with E-state index < -0.39 is 73.2 Å². The molecule has 11 N–H and O–H groups in total. The molecular weight excluding hydrogens is 1580 g/mol. The van der Waals surface area contributed by atoms with Crippen LogP contribution in [0.1, 0.15) is 137 Å². The summed E-state index contributed by atoms with van der Waals surface area (Å²) in [5.41, 5.74) is 2.50. The molecule has 4 aromatic carbocycles. The molecule has 34 nitrogen and oxygen atoms in total. The summed E-state index contributed by atoms with van der Waals surface area (Å²) in [5.74, 6) is -7.04. The summed E-state index contributed by atoms with van der Waals surface area (Å²) in [6, 6.07) is 16.9. The summed E-state index contributed by atoms with van der Waals surface area (Å²) < 4.78 is 15.9. The third-order valence-electron chi connectivity index (χ3n) is 19.3. The van der Waals surface area contributed by atoms with Crippen molar-refractivity contribution in [2.75, 3.05) is 111 Å². The Morgan fingerprint density at radius 2 is 0.844 bits per heavy atom. The van der Waals surface area contributed by atoms with E-state index in [4.69, 9.17) is 9.47 Å². The van der Waals surface area contributed by atoms with E-state index >= 15 is 0 Å². The van der Waals surface area contributed by atoms with Gasteiger partial charge in [0.25, 0.3) is 11.8 Å². The van der Waals surface area contributed by atoms with Gasteiger partial charge in [0.2, 0.25) is 29.4 Å². The second kappa shape index (κ2) is 39.6. The van der Waals surface area contributed by atoms with Crippen molar-refractivity contribution >= 4 is 53.4 Å². The largest absolute Gasteiger partial charge is 0.508 e. The van der Waals surface area contributed by atoms with Crippen molar-refractivity contribution in [3.05, 3.63) is 95.6 Å². The Kier molecular flexibility index (Phi) is 30.8. The van der Waals surface area contributed by atoms with Gasteiger partial charge < -0.3 is 76.1 Å². The smallest absolute Gasteiger partial charge is 0.320 e. The van der Waals surface area contributed by atoms with Gasteiger partial charge in [0, 0.05) is 203 Å². The van der Waals surface area contributed by atoms with E-state index in [2.05, 4.69) is 36.3 Å². The number of carboxylic acid groups (broad SMARTS) is 4. The molecule has 3 aliphatic heterocycles. The molecule has 3 aliphatic rings. The number of aromatic nitrogens is 6. The average Bonchev–Trinajstić information content (AvgIpc) is 1.67. The molecule has 9 rings (SSSR count). The van der Waals surface area contributed by atoms with Gasteiger partial charge in [0.05, 0.1) is 30.8 Å². The van der Waals surface area contributed by atoms with Crippen LogP contribution in [-0.4, -0.2) is 289 Å². The van der Waals surface area contributed by atoms with Crippen LogP contribution in [0.2, 0.25) is 0 Å². The van der Waals surface area contributed by atoms with Crippen LogP contribution < -0.4 is 25.4 Å². The molecule has 109 heavy (non-hydrogen) atoms. The van der Waals surface area contributed by atoms with Gasteiger partial charge in [-0.1, -0.05) is 27.7 Å². The topological polar surface area (TPSA) is 451 Å². The number of carboxylic acids is 4. The first-order chi connectivity index (χ1) is 51.6. The number of benzene rings is 4. The summed E-state index contributed by atoms with van der Waals surface area (Å²) in [7, 11) is 0. The summed E-state index contributed by atoms with van der Waals surface area (Å²) in [6.07, 6.45) is -0.425. The Hall–Kier alpha value is -9.74. The average molecular weight is 1680 g/mol. The monoisotopic (exact) mass is 1670 g/mol. The molecule has 5 amide bonds. The summed E-state index contributed by atoms with van der Waals surface area (Å²) in [6.45, 7) is 11.8. The van der Waals surface area contributed by atoms with Gasteiger partial charge in [-0.05, 0) is 104 Å². The molecule has 2 aromatic heterocycles. The molecule has 5 heterocycles. The van der Waals surface area contributed by atoms with Gasteiger partial charge in [0.15, 0.2) is 11.6 Å². The zero-order valence-electron chi connectivity index (χ0n) is 61.8. The van der Waals surface area contributed by atoms with Crippen LogP contribution in [0.4, 0.5) is 0 Å². The first-order valence-electron chi connectivity index (χ1n) is 36.4. The van der Waals surface area contributed by atoms with Gasteiger partial charge >= 0.3 is 23.9 Å². The second-order valence-corrected chi connectivity index (χ2v) is 27.7. The van der Waals surface area contributed by atoms with E-state index in [0.29, 0.717) is 72.8 Å². The number of phenolic OH excluding ortho intramolecular Hbond substituents is 4. The number of hydrogen-bond donors (Lipinski definition) is 11. The number of piperidine rings is 2. The van der Waals surface area contributed by atoms with Crippen molar-refractivity contribution in [1.29, 1.82) is 0 Å². The molecule has 1 radical (unpaired) electrons. The maximum Gasteiger partial charge on any atom is 0.320 e. The predicted molar refractivity (Wildman–Crippen MR) is 391 cm³/mol. The number of likely N-dealkylation sites (tertiary alicyclic amines) is 2. The van der Waals surface area contributed by atoms with Crippen LogP contribution in [0.5, 0.6) is 34.5 Å². The number of aromatic hydroxyl groups is 4. The molecule has 6 aromatic rings. The third-order valence-corrected chi connectivity index (χ3v) is 19.3. The summed E-state index contributed by atoms with van der Waals surface area (Å²) in [5, 5.41) is 109. The number of hydrogen-bond acceptors (Lipinski definition) is 23. The van der Waals surface area contributed by atoms with E-state index in [-0.39, 0.29) is 234 Å². The van der Waals surface area contributed by atoms with Crippen molar-refractivity contribution in [1.82, 2.24) is 74.9 Å². The second-order valence-electron chi connectivity index (χ2n) is 27.7. The van der Waals surface area contributed by atoms with E-state index in [1.165, 1.54) is 21.3 Å².